The summed E-state index contributed by atoms with van der Waals surface area (Å²) in [7, 11) is -2.38. The van der Waals surface area contributed by atoms with E-state index in [9.17, 15) is 4.89 Å². The Morgan fingerprint density at radius 1 is 0.576 bits per heavy atom. The van der Waals surface area contributed by atoms with E-state index in [-0.39, 0.29) is 73.0 Å². The molecule has 178 valence electrons. The van der Waals surface area contributed by atoms with Crippen molar-refractivity contribution in [3.8, 4) is 11.5 Å². The van der Waals surface area contributed by atoms with Crippen LogP contribution in [0.15, 0.2) is 36.4 Å². The van der Waals surface area contributed by atoms with Crippen LogP contribution in [0, 0.1) is 0 Å². The molecule has 0 heterocycles. The molecule has 0 aromatic heterocycles. The van der Waals surface area contributed by atoms with Gasteiger partial charge in [0, 0.05) is 5.56 Å². The normalized spacial score (nSPS) is 13.8. The third-order valence-electron chi connectivity index (χ3n) is 5.65. The Morgan fingerprint density at radius 2 is 1.03 bits per heavy atom. The van der Waals surface area contributed by atoms with E-state index in [4.69, 9.17) is 9.05 Å². The summed E-state index contributed by atoms with van der Waals surface area (Å²) >= 11 is 0. The Hall–Kier alpha value is 0.0664. The average molecular weight is 497 g/mol. The van der Waals surface area contributed by atoms with Crippen molar-refractivity contribution < 1.29 is 65.3 Å². The minimum Gasteiger partial charge on any atom is -0.765 e. The maximum atomic E-state index is 13.0. The van der Waals surface area contributed by atoms with Crippen LogP contribution >= 0.6 is 8.60 Å². The van der Waals surface area contributed by atoms with Crippen molar-refractivity contribution in [2.24, 2.45) is 0 Å². The molecule has 0 radical (unpaired) electrons. The molecule has 2 rings (SSSR count). The fourth-order valence-electron chi connectivity index (χ4n) is 3.36. The van der Waals surface area contributed by atoms with Gasteiger partial charge in [-0.05, 0) is 56.5 Å². The molecule has 1 atom stereocenters. The van der Waals surface area contributed by atoms with Crippen LogP contribution in [0.25, 0.3) is 0 Å². The van der Waals surface area contributed by atoms with Gasteiger partial charge >= 0.3 is 51.4 Å². The molecule has 33 heavy (non-hydrogen) atoms. The Kier molecular flexibility index (Phi) is 10.4. The van der Waals surface area contributed by atoms with Crippen molar-refractivity contribution in [1.82, 2.24) is 0 Å². The van der Waals surface area contributed by atoms with Crippen molar-refractivity contribution in [2.45, 2.75) is 105 Å². The van der Waals surface area contributed by atoms with Gasteiger partial charge in [0.2, 0.25) is 8.60 Å². The molecule has 1 unspecified atom stereocenters. The third-order valence-corrected chi connectivity index (χ3v) is 6.35. The topological polar surface area (TPSA) is 41.5 Å². The predicted molar refractivity (Wildman–Crippen MR) is 136 cm³/mol. The van der Waals surface area contributed by atoms with Crippen LogP contribution in [0.5, 0.6) is 11.5 Å². The van der Waals surface area contributed by atoms with Crippen molar-refractivity contribution >= 4 is 8.60 Å². The van der Waals surface area contributed by atoms with Gasteiger partial charge in [-0.3, -0.25) is 0 Å². The summed E-state index contributed by atoms with van der Waals surface area (Å²) < 4.78 is 11.7. The molecule has 0 bridgehead atoms. The Labute approximate surface area is 246 Å². The van der Waals surface area contributed by atoms with Crippen molar-refractivity contribution in [3.63, 3.8) is 0 Å². The summed E-state index contributed by atoms with van der Waals surface area (Å²) in [6, 6.07) is 12.3. The molecule has 0 amide bonds. The first-order valence-electron chi connectivity index (χ1n) is 11.4. The van der Waals surface area contributed by atoms with Gasteiger partial charge in [-0.2, -0.15) is 0 Å². The molecule has 0 aliphatic heterocycles. The molecule has 5 heteroatoms. The summed E-state index contributed by atoms with van der Waals surface area (Å²) in [5.74, 6) is 1.18. The number of rotatable bonds is 4. The second kappa shape index (κ2) is 11.0. The molecule has 3 nitrogen and oxygen atoms in total. The second-order valence-corrected chi connectivity index (χ2v) is 13.7. The van der Waals surface area contributed by atoms with E-state index >= 15 is 0 Å². The van der Waals surface area contributed by atoms with Crippen molar-refractivity contribution in [3.05, 3.63) is 58.7 Å². The van der Waals surface area contributed by atoms with Gasteiger partial charge in [0.15, 0.2) is 0 Å². The molecule has 0 spiro atoms. The van der Waals surface area contributed by atoms with Gasteiger partial charge in [-0.15, -0.1) is 0 Å². The van der Waals surface area contributed by atoms with Crippen LogP contribution in [0.3, 0.4) is 0 Å². The molecular formula is C28H42KO3P. The van der Waals surface area contributed by atoms with E-state index in [1.807, 2.05) is 24.3 Å². The first kappa shape index (κ1) is 31.1. The Balaban J connectivity index is 0.00000544. The zero-order valence-electron chi connectivity index (χ0n) is 23.1. The predicted octanol–water partition coefficient (Wildman–Crippen LogP) is 4.93. The Morgan fingerprint density at radius 3 is 1.42 bits per heavy atom. The molecule has 0 N–H and O–H groups in total. The van der Waals surface area contributed by atoms with E-state index in [2.05, 4.69) is 95.2 Å². The second-order valence-electron chi connectivity index (χ2n) is 12.9. The van der Waals surface area contributed by atoms with E-state index < -0.39 is 8.60 Å². The molecule has 2 aromatic rings. The molecule has 0 fully saturated rings. The van der Waals surface area contributed by atoms with Gasteiger partial charge in [0.05, 0.1) is 0 Å². The van der Waals surface area contributed by atoms with E-state index in [1.165, 1.54) is 5.56 Å². The first-order valence-corrected chi connectivity index (χ1v) is 12.5. The number of benzene rings is 2. The Bertz CT molecular complexity index is 909. The number of hydrogen-bond acceptors (Lipinski definition) is 3. The molecular weight excluding hydrogens is 454 g/mol. The molecule has 0 aliphatic carbocycles. The van der Waals surface area contributed by atoms with Crippen LogP contribution in [-0.4, -0.2) is 0 Å². The zero-order chi connectivity index (χ0) is 24.7. The van der Waals surface area contributed by atoms with Gasteiger partial charge < -0.3 is 13.9 Å². The van der Waals surface area contributed by atoms with E-state index in [0.717, 1.165) is 16.7 Å². The third kappa shape index (κ3) is 8.90. The van der Waals surface area contributed by atoms with Gasteiger partial charge in [0.1, 0.15) is 11.5 Å². The quantitative estimate of drug-likeness (QED) is 0.445. The monoisotopic (exact) mass is 496 g/mol. The largest absolute Gasteiger partial charge is 1.00 e. The summed E-state index contributed by atoms with van der Waals surface area (Å²) in [6.45, 7) is 26.0. The van der Waals surface area contributed by atoms with E-state index in [1.54, 1.807) is 0 Å². The zero-order valence-corrected chi connectivity index (χ0v) is 27.2. The first-order chi connectivity index (χ1) is 14.3. The molecule has 2 aromatic carbocycles. The fourth-order valence-corrected chi connectivity index (χ4v) is 4.00. The number of hydrogen-bond donors (Lipinski definition) is 0. The van der Waals surface area contributed by atoms with Crippen molar-refractivity contribution in [1.29, 1.82) is 0 Å². The summed E-state index contributed by atoms with van der Waals surface area (Å²) in [4.78, 5) is 13.0. The van der Waals surface area contributed by atoms with E-state index in [0.29, 0.717) is 11.5 Å². The van der Waals surface area contributed by atoms with Gasteiger partial charge in [-0.1, -0.05) is 101 Å². The smallest absolute Gasteiger partial charge is 0.765 e. The summed E-state index contributed by atoms with van der Waals surface area (Å²) in [5.41, 5.74) is 4.31. The maximum Gasteiger partial charge on any atom is 1.00 e. The minimum atomic E-state index is -2.38. The van der Waals surface area contributed by atoms with Crippen LogP contribution in [-0.2, 0) is 21.7 Å². The fraction of sp³-hybridized carbons (Fsp3) is 0.571. The molecule has 0 saturated heterocycles. The standard InChI is InChI=1S/C28H42O3P.K/c1-25(2,3)19-13-14-24(23(18-19)28(10,11)12)31-32(29)30-22-16-20(26(4,5)6)15-21(17-22)27(7,8)9;/h13-18H,1-12H3;/q-1;+1. The summed E-state index contributed by atoms with van der Waals surface area (Å²) in [6.07, 6.45) is 0. The molecule has 0 aliphatic rings. The summed E-state index contributed by atoms with van der Waals surface area (Å²) in [5, 5.41) is 0. The van der Waals surface area contributed by atoms with Crippen LogP contribution in [0.2, 0.25) is 0 Å². The van der Waals surface area contributed by atoms with Gasteiger partial charge in [-0.25, -0.2) is 0 Å². The minimum absolute atomic E-state index is 0. The van der Waals surface area contributed by atoms with Gasteiger partial charge in [0.25, 0.3) is 0 Å². The maximum absolute atomic E-state index is 13.0. The van der Waals surface area contributed by atoms with Crippen molar-refractivity contribution in [2.75, 3.05) is 0 Å². The van der Waals surface area contributed by atoms with Crippen LogP contribution in [0.1, 0.15) is 105 Å². The van der Waals surface area contributed by atoms with Crippen LogP contribution in [0.4, 0.5) is 0 Å². The molecule has 0 saturated carbocycles. The average Bonchev–Trinajstić information content (AvgIpc) is 2.58. The van der Waals surface area contributed by atoms with Crippen LogP contribution < -0.4 is 65.3 Å². The SMILES string of the molecule is CC(C)(C)c1cc(OP([O-])Oc2ccc(C(C)(C)C)cc2C(C)(C)C)cc(C(C)(C)C)c1.[K+].